The summed E-state index contributed by atoms with van der Waals surface area (Å²) in [6.07, 6.45) is 0. The van der Waals surface area contributed by atoms with Crippen LogP contribution in [0.5, 0.6) is 5.75 Å². The molecule has 0 atom stereocenters. The molecular weight excluding hydrogens is 422 g/mol. The second kappa shape index (κ2) is 7.72. The van der Waals surface area contributed by atoms with E-state index >= 15 is 0 Å². The summed E-state index contributed by atoms with van der Waals surface area (Å²) in [6, 6.07) is 13.4. The molecule has 0 N–H and O–H groups in total. The highest BCUT2D eigenvalue weighted by Gasteiger charge is 2.36. The fourth-order valence-corrected chi connectivity index (χ4v) is 5.07. The van der Waals surface area contributed by atoms with E-state index in [0.29, 0.717) is 11.6 Å². The van der Waals surface area contributed by atoms with Crippen LogP contribution in [0.1, 0.15) is 30.7 Å². The van der Waals surface area contributed by atoms with Crippen molar-refractivity contribution in [1.29, 1.82) is 0 Å². The van der Waals surface area contributed by atoms with E-state index in [1.807, 2.05) is 54.1 Å². The van der Waals surface area contributed by atoms with Crippen LogP contribution in [-0.2, 0) is 23.1 Å². The van der Waals surface area contributed by atoms with Crippen molar-refractivity contribution in [1.82, 2.24) is 14.1 Å². The van der Waals surface area contributed by atoms with E-state index in [4.69, 9.17) is 21.4 Å². The first-order valence-corrected chi connectivity index (χ1v) is 11.6. The van der Waals surface area contributed by atoms with Crippen LogP contribution >= 0.6 is 11.6 Å². The number of benzene rings is 2. The fraction of sp³-hybridized carbons (Fsp3) is 0.318. The van der Waals surface area contributed by atoms with Crippen molar-refractivity contribution in [2.45, 2.75) is 39.1 Å². The number of fused-ring (bicyclic) bond motifs is 1. The van der Waals surface area contributed by atoms with Crippen molar-refractivity contribution in [3.05, 3.63) is 64.3 Å². The lowest BCUT2D eigenvalue weighted by atomic mass is 10.1. The number of aryl methyl sites for hydroxylation is 1. The lowest BCUT2D eigenvalue weighted by molar-refractivity contribution is 0.414. The minimum absolute atomic E-state index is 0.276. The SMILES string of the molecule is COc1ccc(-n2nc3c(c2-c2ccc(Cl)cc2)CN(S(=O)(=O)C(C)C)C3)c(C)c1. The molecule has 0 unspecified atom stereocenters. The lowest BCUT2D eigenvalue weighted by Gasteiger charge is -2.20. The molecule has 6 nitrogen and oxygen atoms in total. The maximum atomic E-state index is 12.7. The Bertz CT molecular complexity index is 1200. The summed E-state index contributed by atoms with van der Waals surface area (Å²) in [5.74, 6) is 0.776. The highest BCUT2D eigenvalue weighted by atomic mass is 35.5. The van der Waals surface area contributed by atoms with Gasteiger partial charge in [0.05, 0.1) is 36.0 Å². The average Bonchev–Trinajstić information content (AvgIpc) is 3.27. The van der Waals surface area contributed by atoms with E-state index in [1.165, 1.54) is 4.31 Å². The number of aromatic nitrogens is 2. The second-order valence-electron chi connectivity index (χ2n) is 7.71. The Morgan fingerprint density at radius 2 is 1.80 bits per heavy atom. The van der Waals surface area contributed by atoms with Gasteiger partial charge in [-0.3, -0.25) is 0 Å². The van der Waals surface area contributed by atoms with Crippen molar-refractivity contribution in [3.63, 3.8) is 0 Å². The number of hydrogen-bond donors (Lipinski definition) is 0. The smallest absolute Gasteiger partial charge is 0.217 e. The van der Waals surface area contributed by atoms with E-state index < -0.39 is 15.3 Å². The number of rotatable bonds is 5. The summed E-state index contributed by atoms with van der Waals surface area (Å²) in [6.45, 7) is 5.99. The molecule has 0 fully saturated rings. The van der Waals surface area contributed by atoms with Crippen LogP contribution in [0.3, 0.4) is 0 Å². The molecule has 1 aliphatic rings. The van der Waals surface area contributed by atoms with Gasteiger partial charge in [0.25, 0.3) is 0 Å². The van der Waals surface area contributed by atoms with E-state index in [1.54, 1.807) is 21.0 Å². The zero-order chi connectivity index (χ0) is 21.6. The van der Waals surface area contributed by atoms with Gasteiger partial charge in [-0.15, -0.1) is 0 Å². The van der Waals surface area contributed by atoms with Gasteiger partial charge in [-0.1, -0.05) is 23.7 Å². The van der Waals surface area contributed by atoms with E-state index in [9.17, 15) is 8.42 Å². The monoisotopic (exact) mass is 445 g/mol. The summed E-state index contributed by atoms with van der Waals surface area (Å²) in [5.41, 5.74) is 5.46. The number of halogens is 1. The predicted octanol–water partition coefficient (Wildman–Crippen LogP) is 4.56. The van der Waals surface area contributed by atoms with Gasteiger partial charge in [0, 0.05) is 22.7 Å². The number of ether oxygens (including phenoxy) is 1. The molecule has 0 bridgehead atoms. The molecule has 2 aromatic carbocycles. The standard InChI is InChI=1S/C22H24ClN3O3S/c1-14(2)30(27,28)25-12-19-20(13-25)24-26(21-10-9-18(29-4)11-15(21)3)22(19)16-5-7-17(23)8-6-16/h5-11,14H,12-13H2,1-4H3. The number of methoxy groups -OCH3 is 1. The molecule has 2 heterocycles. The molecular formula is C22H24ClN3O3S. The molecule has 0 radical (unpaired) electrons. The van der Waals surface area contributed by atoms with Crippen LogP contribution in [0, 0.1) is 6.92 Å². The normalized spacial score (nSPS) is 14.3. The summed E-state index contributed by atoms with van der Waals surface area (Å²) in [4.78, 5) is 0. The topological polar surface area (TPSA) is 64.4 Å². The van der Waals surface area contributed by atoms with Crippen molar-refractivity contribution < 1.29 is 13.2 Å². The molecule has 158 valence electrons. The number of hydrogen-bond acceptors (Lipinski definition) is 4. The molecule has 0 aliphatic carbocycles. The molecule has 3 aromatic rings. The summed E-state index contributed by atoms with van der Waals surface area (Å²) >= 11 is 6.10. The van der Waals surface area contributed by atoms with Crippen LogP contribution in [0.2, 0.25) is 5.02 Å². The van der Waals surface area contributed by atoms with Crippen LogP contribution < -0.4 is 4.74 Å². The molecule has 0 saturated carbocycles. The Hall–Kier alpha value is -2.35. The molecule has 1 aliphatic heterocycles. The first-order chi connectivity index (χ1) is 14.2. The van der Waals surface area contributed by atoms with Gasteiger partial charge in [0.15, 0.2) is 0 Å². The zero-order valence-electron chi connectivity index (χ0n) is 17.4. The van der Waals surface area contributed by atoms with Crippen molar-refractivity contribution >= 4 is 21.6 Å². The van der Waals surface area contributed by atoms with Gasteiger partial charge in [0.1, 0.15) is 5.75 Å². The molecule has 0 spiro atoms. The van der Waals surface area contributed by atoms with Crippen LogP contribution in [-0.4, -0.2) is 34.9 Å². The molecule has 0 amide bonds. The summed E-state index contributed by atoms with van der Waals surface area (Å²) in [5, 5.41) is 5.00. The Morgan fingerprint density at radius 3 is 2.40 bits per heavy atom. The third-order valence-electron chi connectivity index (χ3n) is 5.43. The minimum Gasteiger partial charge on any atom is -0.497 e. The highest BCUT2D eigenvalue weighted by Crippen LogP contribution is 2.37. The fourth-order valence-electron chi connectivity index (χ4n) is 3.74. The molecule has 1 aromatic heterocycles. The third kappa shape index (κ3) is 3.51. The molecule has 8 heteroatoms. The van der Waals surface area contributed by atoms with Gasteiger partial charge in [-0.05, 0) is 56.7 Å². The van der Waals surface area contributed by atoms with Gasteiger partial charge in [-0.2, -0.15) is 9.40 Å². The maximum absolute atomic E-state index is 12.7. The Labute approximate surface area is 182 Å². The summed E-state index contributed by atoms with van der Waals surface area (Å²) in [7, 11) is -1.73. The first kappa shape index (κ1) is 20.9. The molecule has 30 heavy (non-hydrogen) atoms. The van der Waals surface area contributed by atoms with Gasteiger partial charge in [-0.25, -0.2) is 13.1 Å². The Morgan fingerprint density at radius 1 is 1.10 bits per heavy atom. The Balaban J connectivity index is 1.87. The van der Waals surface area contributed by atoms with Crippen molar-refractivity contribution in [2.24, 2.45) is 0 Å². The largest absolute Gasteiger partial charge is 0.497 e. The third-order valence-corrected chi connectivity index (χ3v) is 7.85. The van der Waals surface area contributed by atoms with Crippen LogP contribution in [0.15, 0.2) is 42.5 Å². The number of sulfonamides is 1. The lowest BCUT2D eigenvalue weighted by Crippen LogP contribution is -2.32. The van der Waals surface area contributed by atoms with Crippen LogP contribution in [0.4, 0.5) is 0 Å². The zero-order valence-corrected chi connectivity index (χ0v) is 19.0. The highest BCUT2D eigenvalue weighted by molar-refractivity contribution is 7.89. The van der Waals surface area contributed by atoms with Crippen molar-refractivity contribution in [3.8, 4) is 22.7 Å². The minimum atomic E-state index is -3.37. The van der Waals surface area contributed by atoms with Crippen LogP contribution in [0.25, 0.3) is 16.9 Å². The van der Waals surface area contributed by atoms with E-state index in [2.05, 4.69) is 0 Å². The Kier molecular flexibility index (Phi) is 5.38. The number of nitrogens with zero attached hydrogens (tertiary/aromatic N) is 3. The van der Waals surface area contributed by atoms with Crippen molar-refractivity contribution in [2.75, 3.05) is 7.11 Å². The predicted molar refractivity (Wildman–Crippen MR) is 119 cm³/mol. The quantitative estimate of drug-likeness (QED) is 0.577. The van der Waals surface area contributed by atoms with Gasteiger partial charge in [0.2, 0.25) is 10.0 Å². The molecule has 0 saturated heterocycles. The first-order valence-electron chi connectivity index (χ1n) is 9.73. The maximum Gasteiger partial charge on any atom is 0.217 e. The second-order valence-corrected chi connectivity index (χ2v) is 10.6. The van der Waals surface area contributed by atoms with Gasteiger partial charge < -0.3 is 4.74 Å². The molecule has 4 rings (SSSR count). The summed E-state index contributed by atoms with van der Waals surface area (Å²) < 4.78 is 34.2. The van der Waals surface area contributed by atoms with Gasteiger partial charge >= 0.3 is 0 Å². The average molecular weight is 446 g/mol. The van der Waals surface area contributed by atoms with E-state index in [-0.39, 0.29) is 6.54 Å². The van der Waals surface area contributed by atoms with E-state index in [0.717, 1.165) is 39.5 Å².